The fourth-order valence-corrected chi connectivity index (χ4v) is 6.16. The van der Waals surface area contributed by atoms with E-state index in [1.165, 1.54) is 30.3 Å². The molecule has 0 spiro atoms. The van der Waals surface area contributed by atoms with Gasteiger partial charge in [0, 0.05) is 42.2 Å². The highest BCUT2D eigenvalue weighted by atomic mass is 16.5. The largest absolute Gasteiger partial charge is 0.508 e. The minimum absolute atomic E-state index is 0.00321. The molecule has 230 valence electrons. The maximum absolute atomic E-state index is 11.7. The van der Waals surface area contributed by atoms with Crippen molar-refractivity contribution in [3.8, 4) is 57.5 Å². The predicted octanol–water partition coefficient (Wildman–Crippen LogP) is 3.16. The van der Waals surface area contributed by atoms with Gasteiger partial charge in [0.1, 0.15) is 52.7 Å². The van der Waals surface area contributed by atoms with E-state index in [1.807, 2.05) is 0 Å². The Morgan fingerprint density at radius 1 is 0.682 bits per heavy atom. The van der Waals surface area contributed by atoms with Gasteiger partial charge < -0.3 is 65.6 Å². The lowest BCUT2D eigenvalue weighted by atomic mass is 9.72. The van der Waals surface area contributed by atoms with Crippen molar-refractivity contribution >= 4 is 0 Å². The first-order valence-electron chi connectivity index (χ1n) is 13.4. The van der Waals surface area contributed by atoms with Crippen LogP contribution in [-0.2, 0) is 16.8 Å². The van der Waals surface area contributed by atoms with Crippen LogP contribution in [0.4, 0.5) is 0 Å². The molecule has 1 aliphatic carbocycles. The number of fused-ring (bicyclic) bond motifs is 2. The van der Waals surface area contributed by atoms with E-state index in [4.69, 9.17) is 9.47 Å². The van der Waals surface area contributed by atoms with Gasteiger partial charge in [-0.1, -0.05) is 12.1 Å². The lowest BCUT2D eigenvalue weighted by molar-refractivity contribution is -0.207. The van der Waals surface area contributed by atoms with Crippen molar-refractivity contribution in [2.75, 3.05) is 0 Å². The van der Waals surface area contributed by atoms with E-state index < -0.39 is 70.3 Å². The van der Waals surface area contributed by atoms with Crippen molar-refractivity contribution in [1.29, 1.82) is 0 Å². The van der Waals surface area contributed by atoms with Gasteiger partial charge in [-0.05, 0) is 35.4 Å². The lowest BCUT2D eigenvalue weighted by Gasteiger charge is -2.47. The fraction of sp³-hybridized carbons (Fsp3) is 0.226. The Morgan fingerprint density at radius 2 is 1.32 bits per heavy atom. The Kier molecular flexibility index (Phi) is 6.68. The van der Waals surface area contributed by atoms with Gasteiger partial charge in [0.15, 0.2) is 28.7 Å². The van der Waals surface area contributed by atoms with Crippen LogP contribution in [0.1, 0.15) is 52.5 Å². The number of benzene rings is 4. The zero-order valence-corrected chi connectivity index (χ0v) is 22.7. The highest BCUT2D eigenvalue weighted by Gasteiger charge is 2.53. The normalized spacial score (nSPS) is 24.2. The quantitative estimate of drug-likeness (QED) is 0.149. The molecule has 0 radical (unpaired) electrons. The third-order valence-electron chi connectivity index (χ3n) is 8.18. The summed E-state index contributed by atoms with van der Waals surface area (Å²) in [5, 5.41) is 116. The Balaban J connectivity index is 1.56. The average Bonchev–Trinajstić information content (AvgIpc) is 2.94. The molecule has 2 aliphatic rings. The van der Waals surface area contributed by atoms with Crippen LogP contribution < -0.4 is 4.74 Å². The van der Waals surface area contributed by atoms with Crippen LogP contribution in [0, 0.1) is 0 Å². The van der Waals surface area contributed by atoms with Gasteiger partial charge in [-0.3, -0.25) is 0 Å². The third-order valence-corrected chi connectivity index (χ3v) is 8.18. The number of aliphatic hydroxyl groups is 2. The van der Waals surface area contributed by atoms with E-state index in [-0.39, 0.29) is 57.9 Å². The molecule has 1 heterocycles. The topological polar surface area (TPSA) is 241 Å². The molecule has 0 bridgehead atoms. The number of aliphatic hydroxyl groups excluding tert-OH is 2. The maximum atomic E-state index is 11.7. The van der Waals surface area contributed by atoms with Crippen LogP contribution >= 0.6 is 0 Å². The number of hydrogen-bond acceptors (Lipinski definition) is 13. The smallest absolute Gasteiger partial charge is 0.200 e. The van der Waals surface area contributed by atoms with Crippen LogP contribution in [0.3, 0.4) is 0 Å². The first-order chi connectivity index (χ1) is 20.8. The molecule has 13 heteroatoms. The second kappa shape index (κ2) is 10.2. The van der Waals surface area contributed by atoms with Gasteiger partial charge in [-0.25, -0.2) is 0 Å². The molecule has 4 aromatic rings. The summed E-state index contributed by atoms with van der Waals surface area (Å²) < 4.78 is 12.6. The van der Waals surface area contributed by atoms with Gasteiger partial charge >= 0.3 is 0 Å². The number of hydrogen-bond donors (Lipinski definition) is 11. The molecule has 13 nitrogen and oxygen atoms in total. The van der Waals surface area contributed by atoms with E-state index in [0.29, 0.717) is 0 Å². The average molecular weight is 609 g/mol. The van der Waals surface area contributed by atoms with E-state index in [2.05, 4.69) is 0 Å². The lowest BCUT2D eigenvalue weighted by Crippen LogP contribution is -2.51. The van der Waals surface area contributed by atoms with E-state index in [0.717, 1.165) is 24.3 Å². The minimum Gasteiger partial charge on any atom is -0.508 e. The molecule has 0 fully saturated rings. The molecule has 0 amide bonds. The molecule has 0 saturated heterocycles. The van der Waals surface area contributed by atoms with E-state index >= 15 is 0 Å². The number of ether oxygens (including phenoxy) is 2. The van der Waals surface area contributed by atoms with Gasteiger partial charge in [-0.15, -0.1) is 0 Å². The SMILES string of the molecule is Oc1cc(O)c2c(c1)CC(OC1CC(c3cccc(O)c3O)Oc3cc(O)cc(O)c31)(c1cc(O)c(O)c(O)c1)C(O)C2O. The van der Waals surface area contributed by atoms with E-state index in [1.54, 1.807) is 0 Å². The van der Waals surface area contributed by atoms with Crippen molar-refractivity contribution < 1.29 is 65.6 Å². The van der Waals surface area contributed by atoms with Crippen molar-refractivity contribution in [1.82, 2.24) is 0 Å². The number of phenols is 9. The maximum Gasteiger partial charge on any atom is 0.200 e. The summed E-state index contributed by atoms with van der Waals surface area (Å²) in [7, 11) is 0. The van der Waals surface area contributed by atoms with Crippen LogP contribution in [0.25, 0.3) is 0 Å². The molecule has 5 unspecified atom stereocenters. The Hall–Kier alpha value is -5.24. The molecular formula is C31H28O13. The monoisotopic (exact) mass is 608 g/mol. The van der Waals surface area contributed by atoms with Crippen molar-refractivity contribution in [3.05, 3.63) is 82.4 Å². The van der Waals surface area contributed by atoms with Gasteiger partial charge in [0.2, 0.25) is 0 Å². The van der Waals surface area contributed by atoms with Crippen molar-refractivity contribution in [2.45, 2.75) is 42.9 Å². The molecule has 11 N–H and O–H groups in total. The van der Waals surface area contributed by atoms with Gasteiger partial charge in [0.05, 0.1) is 11.7 Å². The van der Waals surface area contributed by atoms with Crippen LogP contribution in [0.5, 0.6) is 57.5 Å². The molecule has 44 heavy (non-hydrogen) atoms. The highest BCUT2D eigenvalue weighted by molar-refractivity contribution is 5.57. The van der Waals surface area contributed by atoms with Crippen LogP contribution in [0.2, 0.25) is 0 Å². The van der Waals surface area contributed by atoms with Crippen molar-refractivity contribution in [2.24, 2.45) is 0 Å². The zero-order valence-electron chi connectivity index (χ0n) is 22.7. The summed E-state index contributed by atoms with van der Waals surface area (Å²) in [5.41, 5.74) is -2.14. The first-order valence-corrected chi connectivity index (χ1v) is 13.4. The highest BCUT2D eigenvalue weighted by Crippen LogP contribution is 2.56. The molecule has 1 aliphatic heterocycles. The van der Waals surface area contributed by atoms with Gasteiger partial charge in [0.25, 0.3) is 0 Å². The molecule has 0 aromatic heterocycles. The van der Waals surface area contributed by atoms with E-state index in [9.17, 15) is 56.2 Å². The molecule has 0 saturated carbocycles. The predicted molar refractivity (Wildman–Crippen MR) is 149 cm³/mol. The fourth-order valence-electron chi connectivity index (χ4n) is 6.16. The first kappa shape index (κ1) is 28.9. The van der Waals surface area contributed by atoms with Crippen LogP contribution in [-0.4, -0.2) is 62.3 Å². The minimum atomic E-state index is -2.12. The number of phenolic OH excluding ortho intramolecular Hbond substituents is 9. The third kappa shape index (κ3) is 4.45. The molecule has 5 atom stereocenters. The Morgan fingerprint density at radius 3 is 2.00 bits per heavy atom. The number of aromatic hydroxyl groups is 9. The van der Waals surface area contributed by atoms with Crippen molar-refractivity contribution in [3.63, 3.8) is 0 Å². The Labute approximate surface area is 248 Å². The van der Waals surface area contributed by atoms with Gasteiger partial charge in [-0.2, -0.15) is 0 Å². The summed E-state index contributed by atoms with van der Waals surface area (Å²) in [6, 6.07) is 10.6. The Bertz CT molecular complexity index is 1760. The standard InChI is InChI=1S/C31H28O13/c32-14-4-12-11-31(13-5-20(37)28(40)21(38)6-13,30(42)29(41)25(12)18(35)7-14)44-24-10-22(16-2-1-3-17(34)27(16)39)43-23-9-15(33)8-19(36)26(23)24/h1-9,22,24,29-30,32-42H,10-11H2. The molecular weight excluding hydrogens is 580 g/mol. The number of rotatable bonds is 4. The molecule has 6 rings (SSSR count). The summed E-state index contributed by atoms with van der Waals surface area (Å²) in [6.07, 6.45) is -6.71. The number of para-hydroxylation sites is 1. The summed E-state index contributed by atoms with van der Waals surface area (Å²) in [5.74, 6) is -5.22. The molecule has 4 aromatic carbocycles. The summed E-state index contributed by atoms with van der Waals surface area (Å²) >= 11 is 0. The second-order valence-electron chi connectivity index (χ2n) is 10.9. The summed E-state index contributed by atoms with van der Waals surface area (Å²) in [4.78, 5) is 0. The zero-order chi connectivity index (χ0) is 31.7. The van der Waals surface area contributed by atoms with Crippen LogP contribution in [0.15, 0.2) is 54.6 Å². The second-order valence-corrected chi connectivity index (χ2v) is 10.9. The summed E-state index contributed by atoms with van der Waals surface area (Å²) in [6.45, 7) is 0.